The molecule has 2 heterocycles. The molecule has 162 valence electrons. The predicted octanol–water partition coefficient (Wildman–Crippen LogP) is 4.71. The summed E-state index contributed by atoms with van der Waals surface area (Å²) < 4.78 is 10.3. The van der Waals surface area contributed by atoms with Gasteiger partial charge < -0.3 is 19.8 Å². The van der Waals surface area contributed by atoms with E-state index < -0.39 is 17.9 Å². The summed E-state index contributed by atoms with van der Waals surface area (Å²) in [7, 11) is 0. The Bertz CT molecular complexity index is 1040. The van der Waals surface area contributed by atoms with Crippen LogP contribution in [0.25, 0.3) is 0 Å². The Morgan fingerprint density at radius 1 is 1.06 bits per heavy atom. The van der Waals surface area contributed by atoms with Crippen molar-refractivity contribution in [2.45, 2.75) is 39.3 Å². The molecule has 2 N–H and O–H groups in total. The second-order valence-corrected chi connectivity index (χ2v) is 8.29. The smallest absolute Gasteiger partial charge is 0.308 e. The summed E-state index contributed by atoms with van der Waals surface area (Å²) >= 11 is 1.16. The molecule has 31 heavy (non-hydrogen) atoms. The highest BCUT2D eigenvalue weighted by molar-refractivity contribution is 7.18. The number of carbonyl (C=O) groups is 3. The van der Waals surface area contributed by atoms with Crippen LogP contribution < -0.4 is 10.6 Å². The van der Waals surface area contributed by atoms with Crippen LogP contribution in [0.3, 0.4) is 0 Å². The van der Waals surface area contributed by atoms with E-state index in [1.165, 1.54) is 6.26 Å². The van der Waals surface area contributed by atoms with Crippen molar-refractivity contribution in [1.29, 1.82) is 0 Å². The van der Waals surface area contributed by atoms with Crippen molar-refractivity contribution >= 4 is 34.1 Å². The number of anilines is 1. The summed E-state index contributed by atoms with van der Waals surface area (Å²) in [4.78, 5) is 37.9. The predicted molar refractivity (Wildman–Crippen MR) is 118 cm³/mol. The molecule has 2 aromatic heterocycles. The van der Waals surface area contributed by atoms with Crippen LogP contribution in [0.5, 0.6) is 0 Å². The van der Waals surface area contributed by atoms with Crippen molar-refractivity contribution in [2.75, 3.05) is 5.32 Å². The third-order valence-electron chi connectivity index (χ3n) is 4.35. The molecule has 0 radical (unpaired) electrons. The zero-order chi connectivity index (χ0) is 22.4. The zero-order valence-electron chi connectivity index (χ0n) is 17.5. The van der Waals surface area contributed by atoms with E-state index in [1.54, 1.807) is 39.0 Å². The van der Waals surface area contributed by atoms with Crippen LogP contribution in [0.4, 0.5) is 5.00 Å². The number of ether oxygens (including phenoxy) is 1. The number of benzene rings is 1. The zero-order valence-corrected chi connectivity index (χ0v) is 18.3. The van der Waals surface area contributed by atoms with E-state index in [4.69, 9.17) is 9.15 Å². The first-order valence-electron chi connectivity index (χ1n) is 9.84. The Morgan fingerprint density at radius 3 is 2.45 bits per heavy atom. The van der Waals surface area contributed by atoms with E-state index in [1.807, 2.05) is 30.3 Å². The van der Waals surface area contributed by atoms with Gasteiger partial charge in [0.2, 0.25) is 0 Å². The fraction of sp³-hybridized carbons (Fsp3) is 0.261. The van der Waals surface area contributed by atoms with Gasteiger partial charge in [0.15, 0.2) is 5.76 Å². The maximum absolute atomic E-state index is 13.0. The molecular weight excluding hydrogens is 416 g/mol. The second kappa shape index (κ2) is 10.1. The Hall–Kier alpha value is -3.39. The third kappa shape index (κ3) is 6.05. The van der Waals surface area contributed by atoms with Gasteiger partial charge >= 0.3 is 5.97 Å². The fourth-order valence-electron chi connectivity index (χ4n) is 2.99. The summed E-state index contributed by atoms with van der Waals surface area (Å²) in [5.74, 6) is -0.924. The average molecular weight is 441 g/mol. The quantitative estimate of drug-likeness (QED) is 0.494. The molecule has 0 aliphatic carbocycles. The highest BCUT2D eigenvalue weighted by Crippen LogP contribution is 2.28. The van der Waals surface area contributed by atoms with Crippen molar-refractivity contribution < 1.29 is 23.5 Å². The van der Waals surface area contributed by atoms with E-state index in [-0.39, 0.29) is 24.2 Å². The second-order valence-electron chi connectivity index (χ2n) is 7.23. The molecule has 0 spiro atoms. The number of esters is 1. The molecule has 0 aliphatic rings. The van der Waals surface area contributed by atoms with Crippen LogP contribution >= 0.6 is 11.3 Å². The van der Waals surface area contributed by atoms with Gasteiger partial charge in [-0.1, -0.05) is 30.3 Å². The highest BCUT2D eigenvalue weighted by Gasteiger charge is 2.23. The molecule has 2 amide bonds. The molecule has 1 aromatic carbocycles. The van der Waals surface area contributed by atoms with E-state index in [0.717, 1.165) is 16.9 Å². The molecular formula is C23H24N2O5S. The van der Waals surface area contributed by atoms with Gasteiger partial charge in [0, 0.05) is 0 Å². The average Bonchev–Trinajstić information content (AvgIpc) is 3.37. The Balaban J connectivity index is 1.74. The van der Waals surface area contributed by atoms with Crippen molar-refractivity contribution in [1.82, 2.24) is 5.32 Å². The maximum atomic E-state index is 13.0. The molecule has 1 unspecified atom stereocenters. The van der Waals surface area contributed by atoms with Crippen LogP contribution in [-0.4, -0.2) is 23.9 Å². The van der Waals surface area contributed by atoms with Crippen molar-refractivity contribution in [3.8, 4) is 0 Å². The van der Waals surface area contributed by atoms with Crippen LogP contribution in [0.1, 0.15) is 57.7 Å². The van der Waals surface area contributed by atoms with Gasteiger partial charge in [-0.15, -0.1) is 11.3 Å². The molecule has 0 saturated heterocycles. The first-order chi connectivity index (χ1) is 14.8. The number of thiophene rings is 1. The first-order valence-corrected chi connectivity index (χ1v) is 10.7. The standard InChI is InChI=1S/C23H24N2O5S/c1-14(2)30-20(26)13-17(16-8-5-4-6-9-16)24-23(28)21-15(3)12-19(31-21)25-22(27)18-10-7-11-29-18/h4-12,14,17H,13H2,1-3H3,(H,24,28)(H,25,27). The highest BCUT2D eigenvalue weighted by atomic mass is 32.1. The van der Waals surface area contributed by atoms with Gasteiger partial charge in [0.1, 0.15) is 0 Å². The number of furan rings is 1. The molecule has 3 rings (SSSR count). The monoisotopic (exact) mass is 440 g/mol. The summed E-state index contributed by atoms with van der Waals surface area (Å²) in [5.41, 5.74) is 1.52. The normalized spacial score (nSPS) is 11.7. The summed E-state index contributed by atoms with van der Waals surface area (Å²) in [6.07, 6.45) is 1.20. The number of hydrogen-bond acceptors (Lipinski definition) is 6. The molecule has 0 bridgehead atoms. The van der Waals surface area contributed by atoms with Gasteiger partial charge in [0.25, 0.3) is 11.8 Å². The van der Waals surface area contributed by atoms with Crippen LogP contribution in [0.15, 0.2) is 59.2 Å². The number of hydrogen-bond donors (Lipinski definition) is 2. The lowest BCUT2D eigenvalue weighted by Gasteiger charge is -2.19. The van der Waals surface area contributed by atoms with Gasteiger partial charge in [-0.05, 0) is 50.1 Å². The number of carbonyl (C=O) groups excluding carboxylic acids is 3. The minimum absolute atomic E-state index is 0.0143. The van der Waals surface area contributed by atoms with Crippen LogP contribution in [0, 0.1) is 6.92 Å². The number of amides is 2. The van der Waals surface area contributed by atoms with E-state index in [9.17, 15) is 14.4 Å². The summed E-state index contributed by atoms with van der Waals surface area (Å²) in [6.45, 7) is 5.35. The minimum atomic E-state index is -0.539. The number of rotatable bonds is 8. The minimum Gasteiger partial charge on any atom is -0.463 e. The first kappa shape index (κ1) is 22.3. The molecule has 3 aromatic rings. The van der Waals surface area contributed by atoms with Crippen molar-refractivity contribution in [3.05, 3.63) is 76.6 Å². The van der Waals surface area contributed by atoms with Crippen molar-refractivity contribution in [3.63, 3.8) is 0 Å². The van der Waals surface area contributed by atoms with Crippen LogP contribution in [-0.2, 0) is 9.53 Å². The maximum Gasteiger partial charge on any atom is 0.308 e. The third-order valence-corrected chi connectivity index (χ3v) is 5.50. The Labute approximate surface area is 184 Å². The lowest BCUT2D eigenvalue weighted by atomic mass is 10.0. The molecule has 0 aliphatic heterocycles. The van der Waals surface area contributed by atoms with Gasteiger partial charge in [-0.3, -0.25) is 14.4 Å². The lowest BCUT2D eigenvalue weighted by Crippen LogP contribution is -2.31. The number of nitrogens with one attached hydrogen (secondary N) is 2. The lowest BCUT2D eigenvalue weighted by molar-refractivity contribution is -0.147. The van der Waals surface area contributed by atoms with E-state index in [0.29, 0.717) is 15.4 Å². The molecule has 0 fully saturated rings. The Kier molecular flexibility index (Phi) is 7.25. The van der Waals surface area contributed by atoms with E-state index in [2.05, 4.69) is 10.6 Å². The summed E-state index contributed by atoms with van der Waals surface area (Å²) in [6, 6.07) is 13.6. The SMILES string of the molecule is Cc1cc(NC(=O)c2ccco2)sc1C(=O)NC(CC(=O)OC(C)C)c1ccccc1. The topological polar surface area (TPSA) is 97.6 Å². The van der Waals surface area contributed by atoms with Gasteiger partial charge in [-0.2, -0.15) is 0 Å². The van der Waals surface area contributed by atoms with Gasteiger partial charge in [-0.25, -0.2) is 0 Å². The Morgan fingerprint density at radius 2 is 1.81 bits per heavy atom. The largest absolute Gasteiger partial charge is 0.463 e. The molecule has 8 heteroatoms. The van der Waals surface area contributed by atoms with Crippen LogP contribution in [0.2, 0.25) is 0 Å². The number of aryl methyl sites for hydroxylation is 1. The van der Waals surface area contributed by atoms with E-state index >= 15 is 0 Å². The van der Waals surface area contributed by atoms with Gasteiger partial charge in [0.05, 0.1) is 34.7 Å². The molecule has 7 nitrogen and oxygen atoms in total. The van der Waals surface area contributed by atoms with Crippen molar-refractivity contribution in [2.24, 2.45) is 0 Å². The fourth-order valence-corrected chi connectivity index (χ4v) is 3.96. The molecule has 1 atom stereocenters. The summed E-state index contributed by atoms with van der Waals surface area (Å²) in [5, 5.41) is 6.19. The molecule has 0 saturated carbocycles.